The number of methoxy groups -OCH3 is 1. The summed E-state index contributed by atoms with van der Waals surface area (Å²) in [6.45, 7) is 0. The molecule has 0 spiro atoms. The van der Waals surface area contributed by atoms with Gasteiger partial charge in [-0.15, -0.1) is 0 Å². The van der Waals surface area contributed by atoms with Crippen molar-refractivity contribution in [1.82, 2.24) is 14.8 Å². The van der Waals surface area contributed by atoms with Gasteiger partial charge in [-0.25, -0.2) is 14.1 Å². The zero-order valence-corrected chi connectivity index (χ0v) is 15.8. The van der Waals surface area contributed by atoms with Gasteiger partial charge in [0.25, 0.3) is 5.88 Å². The minimum absolute atomic E-state index is 0.142. The van der Waals surface area contributed by atoms with Gasteiger partial charge in [-0.3, -0.25) is 4.79 Å². The molecule has 0 aliphatic heterocycles. The predicted molar refractivity (Wildman–Crippen MR) is 101 cm³/mol. The van der Waals surface area contributed by atoms with E-state index in [0.717, 1.165) is 17.3 Å². The largest absolute Gasteiger partial charge is 0.469 e. The van der Waals surface area contributed by atoms with E-state index in [9.17, 15) is 9.18 Å². The van der Waals surface area contributed by atoms with Gasteiger partial charge < -0.3 is 15.2 Å². The van der Waals surface area contributed by atoms with Crippen LogP contribution in [0.25, 0.3) is 5.69 Å². The lowest BCUT2D eigenvalue weighted by atomic mass is 10.1. The summed E-state index contributed by atoms with van der Waals surface area (Å²) < 4.78 is 25.5. The highest BCUT2D eigenvalue weighted by Crippen LogP contribution is 2.25. The summed E-state index contributed by atoms with van der Waals surface area (Å²) in [5.74, 6) is -0.721. The van der Waals surface area contributed by atoms with Crippen LogP contribution in [0.1, 0.15) is 12.0 Å². The minimum atomic E-state index is -0.642. The highest BCUT2D eigenvalue weighted by molar-refractivity contribution is 6.30. The normalized spacial score (nSPS) is 11.9. The number of ether oxygens (including phenoxy) is 2. The fraction of sp³-hybridized carbons (Fsp3) is 0.211. The summed E-state index contributed by atoms with van der Waals surface area (Å²) >= 11 is 5.68. The van der Waals surface area contributed by atoms with Gasteiger partial charge >= 0.3 is 5.97 Å². The quantitative estimate of drug-likeness (QED) is 0.607. The van der Waals surface area contributed by atoms with Gasteiger partial charge in [-0.05, 0) is 42.3 Å². The fourth-order valence-corrected chi connectivity index (χ4v) is 2.68. The molecule has 3 rings (SSSR count). The zero-order chi connectivity index (χ0) is 20.1. The van der Waals surface area contributed by atoms with Gasteiger partial charge in [0.1, 0.15) is 5.75 Å². The Morgan fingerprint density at radius 3 is 2.75 bits per heavy atom. The van der Waals surface area contributed by atoms with E-state index >= 15 is 0 Å². The summed E-state index contributed by atoms with van der Waals surface area (Å²) in [4.78, 5) is 15.1. The predicted octanol–water partition coefficient (Wildman–Crippen LogP) is 3.29. The second-order valence-electron chi connectivity index (χ2n) is 6.07. The number of carbonyl (C=O) groups excluding carboxylic acids is 1. The van der Waals surface area contributed by atoms with Crippen LogP contribution in [0, 0.1) is 5.82 Å². The number of benzene rings is 1. The molecule has 2 aromatic heterocycles. The number of hydrogen-bond donors (Lipinski definition) is 1. The molecule has 0 fully saturated rings. The Hall–Kier alpha value is -2.97. The Bertz CT molecular complexity index is 962. The van der Waals surface area contributed by atoms with E-state index in [1.807, 2.05) is 6.20 Å². The molecule has 0 amide bonds. The Labute approximate surface area is 165 Å². The highest BCUT2D eigenvalue weighted by Gasteiger charge is 2.12. The molecule has 28 heavy (non-hydrogen) atoms. The number of esters is 1. The fourth-order valence-electron chi connectivity index (χ4n) is 2.53. The number of pyridine rings is 1. The Morgan fingerprint density at radius 2 is 2.07 bits per heavy atom. The lowest BCUT2D eigenvalue weighted by Crippen LogP contribution is -2.26. The number of nitrogens with zero attached hydrogens (tertiary/aromatic N) is 3. The standard InChI is InChI=1S/C19H18ClFN4O3/c1-27-18(26)8-14(22)6-12-9-24-25(11-12)15-2-4-16(5-3-15)28-19-17(21)7-13(20)10-23-19/h2-5,7,9-11,14H,6,8,22H2,1H3. The van der Waals surface area contributed by atoms with Gasteiger partial charge in [0.2, 0.25) is 0 Å². The first-order valence-corrected chi connectivity index (χ1v) is 8.77. The van der Waals surface area contributed by atoms with Gasteiger partial charge in [-0.1, -0.05) is 11.6 Å². The number of nitrogens with two attached hydrogens (primary N) is 1. The third-order valence-electron chi connectivity index (χ3n) is 3.88. The summed E-state index contributed by atoms with van der Waals surface area (Å²) in [6.07, 6.45) is 5.47. The lowest BCUT2D eigenvalue weighted by molar-refractivity contribution is -0.140. The van der Waals surface area contributed by atoms with Crippen molar-refractivity contribution in [1.29, 1.82) is 0 Å². The average Bonchev–Trinajstić information content (AvgIpc) is 3.12. The van der Waals surface area contributed by atoms with Crippen molar-refractivity contribution in [2.24, 2.45) is 5.73 Å². The molecule has 0 aliphatic carbocycles. The summed E-state index contributed by atoms with van der Waals surface area (Å²) in [7, 11) is 1.33. The molecule has 7 nitrogen and oxygen atoms in total. The van der Waals surface area contributed by atoms with Crippen molar-refractivity contribution in [2.45, 2.75) is 18.9 Å². The van der Waals surface area contributed by atoms with Crippen LogP contribution in [0.5, 0.6) is 11.6 Å². The van der Waals surface area contributed by atoms with Crippen LogP contribution in [0.3, 0.4) is 0 Å². The van der Waals surface area contributed by atoms with Gasteiger partial charge in [-0.2, -0.15) is 5.10 Å². The van der Waals surface area contributed by atoms with E-state index in [4.69, 9.17) is 22.1 Å². The second-order valence-corrected chi connectivity index (χ2v) is 6.51. The first-order chi connectivity index (χ1) is 13.4. The van der Waals surface area contributed by atoms with E-state index in [1.165, 1.54) is 13.3 Å². The molecule has 3 aromatic rings. The monoisotopic (exact) mass is 404 g/mol. The molecule has 1 unspecified atom stereocenters. The van der Waals surface area contributed by atoms with Crippen LogP contribution in [0.2, 0.25) is 5.02 Å². The second kappa shape index (κ2) is 8.81. The number of halogens is 2. The molecule has 146 valence electrons. The first kappa shape index (κ1) is 19.8. The molecular weight excluding hydrogens is 387 g/mol. The van der Waals surface area contributed by atoms with Crippen molar-refractivity contribution in [3.63, 3.8) is 0 Å². The molecule has 0 aliphatic rings. The van der Waals surface area contributed by atoms with Crippen molar-refractivity contribution >= 4 is 17.6 Å². The van der Waals surface area contributed by atoms with Gasteiger partial charge in [0, 0.05) is 18.4 Å². The minimum Gasteiger partial charge on any atom is -0.469 e. The zero-order valence-electron chi connectivity index (χ0n) is 15.0. The molecular formula is C19H18ClFN4O3. The molecule has 2 N–H and O–H groups in total. The third-order valence-corrected chi connectivity index (χ3v) is 4.09. The molecule has 1 atom stereocenters. The van der Waals surface area contributed by atoms with E-state index in [1.54, 1.807) is 35.1 Å². The maximum atomic E-state index is 13.8. The topological polar surface area (TPSA) is 92.3 Å². The maximum absolute atomic E-state index is 13.8. The van der Waals surface area contributed by atoms with Crippen LogP contribution in [0.4, 0.5) is 4.39 Å². The summed E-state index contributed by atoms with van der Waals surface area (Å²) in [5.41, 5.74) is 7.62. The summed E-state index contributed by atoms with van der Waals surface area (Å²) in [6, 6.07) is 7.68. The van der Waals surface area contributed by atoms with Crippen molar-refractivity contribution in [2.75, 3.05) is 7.11 Å². The Kier molecular flexibility index (Phi) is 6.23. The van der Waals surface area contributed by atoms with E-state index in [2.05, 4.69) is 14.8 Å². The molecule has 0 saturated carbocycles. The van der Waals surface area contributed by atoms with Crippen LogP contribution in [-0.4, -0.2) is 33.9 Å². The molecule has 0 bridgehead atoms. The Balaban J connectivity index is 1.65. The van der Waals surface area contributed by atoms with Crippen molar-refractivity contribution in [3.8, 4) is 17.3 Å². The van der Waals surface area contributed by atoms with E-state index < -0.39 is 5.82 Å². The van der Waals surface area contributed by atoms with Gasteiger partial charge in [0.15, 0.2) is 5.82 Å². The van der Waals surface area contributed by atoms with E-state index in [-0.39, 0.29) is 29.3 Å². The third kappa shape index (κ3) is 5.05. The maximum Gasteiger partial charge on any atom is 0.307 e. The molecule has 0 saturated heterocycles. The molecule has 2 heterocycles. The SMILES string of the molecule is COC(=O)CC(N)Cc1cnn(-c2ccc(Oc3ncc(Cl)cc3F)cc2)c1. The average molecular weight is 405 g/mol. The van der Waals surface area contributed by atoms with Crippen LogP contribution >= 0.6 is 11.6 Å². The molecule has 1 aromatic carbocycles. The summed E-state index contributed by atoms with van der Waals surface area (Å²) in [5, 5.41) is 4.49. The lowest BCUT2D eigenvalue weighted by Gasteiger charge is -2.08. The Morgan fingerprint density at radius 1 is 1.32 bits per heavy atom. The molecule has 0 radical (unpaired) electrons. The molecule has 9 heteroatoms. The van der Waals surface area contributed by atoms with Crippen molar-refractivity contribution < 1.29 is 18.7 Å². The van der Waals surface area contributed by atoms with Crippen LogP contribution in [-0.2, 0) is 16.0 Å². The van der Waals surface area contributed by atoms with Crippen molar-refractivity contribution in [3.05, 3.63) is 65.3 Å². The van der Waals surface area contributed by atoms with Crippen LogP contribution < -0.4 is 10.5 Å². The number of rotatable bonds is 7. The number of aromatic nitrogens is 3. The number of carbonyl (C=O) groups is 1. The van der Waals surface area contributed by atoms with Crippen LogP contribution in [0.15, 0.2) is 48.9 Å². The van der Waals surface area contributed by atoms with Gasteiger partial charge in [0.05, 0.1) is 30.4 Å². The number of hydrogen-bond acceptors (Lipinski definition) is 6. The van der Waals surface area contributed by atoms with E-state index in [0.29, 0.717) is 12.2 Å². The first-order valence-electron chi connectivity index (χ1n) is 8.40. The smallest absolute Gasteiger partial charge is 0.307 e. The highest BCUT2D eigenvalue weighted by atomic mass is 35.5.